The van der Waals surface area contributed by atoms with Gasteiger partial charge in [-0.3, -0.25) is 4.79 Å². The minimum absolute atomic E-state index is 0.113. The van der Waals surface area contributed by atoms with Crippen LogP contribution >= 0.6 is 35.0 Å². The summed E-state index contributed by atoms with van der Waals surface area (Å²) in [5.41, 5.74) is 0.604. The predicted octanol–water partition coefficient (Wildman–Crippen LogP) is 3.85. The SMILES string of the molecule is C[C@H](Sc1nnc(-c2cc(Cl)ccc2Cl)n1N)C(=O)N1CCCCCC1. The Kier molecular flexibility index (Phi) is 6.32. The van der Waals surface area contributed by atoms with Crippen LogP contribution in [0.15, 0.2) is 23.4 Å². The molecule has 2 aromatic rings. The first-order valence-electron chi connectivity index (χ1n) is 8.58. The van der Waals surface area contributed by atoms with E-state index >= 15 is 0 Å². The number of amides is 1. The van der Waals surface area contributed by atoms with Crippen LogP contribution in [0.4, 0.5) is 0 Å². The van der Waals surface area contributed by atoms with E-state index in [1.165, 1.54) is 29.3 Å². The van der Waals surface area contributed by atoms with E-state index in [1.807, 2.05) is 11.8 Å². The minimum atomic E-state index is -0.290. The van der Waals surface area contributed by atoms with Gasteiger partial charge in [0.2, 0.25) is 11.1 Å². The van der Waals surface area contributed by atoms with Crippen LogP contribution in [0.2, 0.25) is 10.0 Å². The monoisotopic (exact) mass is 413 g/mol. The van der Waals surface area contributed by atoms with Crippen molar-refractivity contribution in [2.45, 2.75) is 43.0 Å². The number of benzene rings is 1. The molecule has 1 fully saturated rings. The second kappa shape index (κ2) is 8.50. The van der Waals surface area contributed by atoms with E-state index in [4.69, 9.17) is 29.0 Å². The molecule has 0 bridgehead atoms. The number of nitrogen functional groups attached to an aromatic ring is 1. The Balaban J connectivity index is 1.75. The van der Waals surface area contributed by atoms with Crippen molar-refractivity contribution >= 4 is 40.9 Å². The average Bonchev–Trinajstić information content (AvgIpc) is 2.83. The normalized spacial score (nSPS) is 16.3. The zero-order chi connectivity index (χ0) is 18.7. The molecule has 140 valence electrons. The fraction of sp³-hybridized carbons (Fsp3) is 0.471. The highest BCUT2D eigenvalue weighted by Gasteiger charge is 2.25. The van der Waals surface area contributed by atoms with Gasteiger partial charge in [0.1, 0.15) is 0 Å². The van der Waals surface area contributed by atoms with E-state index in [0.29, 0.717) is 26.6 Å². The molecule has 1 saturated heterocycles. The highest BCUT2D eigenvalue weighted by atomic mass is 35.5. The van der Waals surface area contributed by atoms with Crippen LogP contribution in [0.5, 0.6) is 0 Å². The quantitative estimate of drug-likeness (QED) is 0.608. The molecular weight excluding hydrogens is 393 g/mol. The van der Waals surface area contributed by atoms with Crippen molar-refractivity contribution in [2.75, 3.05) is 18.9 Å². The lowest BCUT2D eigenvalue weighted by Crippen LogP contribution is -2.37. The highest BCUT2D eigenvalue weighted by Crippen LogP contribution is 2.31. The Morgan fingerprint density at radius 2 is 1.88 bits per heavy atom. The maximum atomic E-state index is 12.7. The molecular formula is C17H21Cl2N5OS. The van der Waals surface area contributed by atoms with Crippen LogP contribution in [0.1, 0.15) is 32.6 Å². The van der Waals surface area contributed by atoms with Gasteiger partial charge in [-0.15, -0.1) is 10.2 Å². The van der Waals surface area contributed by atoms with Crippen LogP contribution < -0.4 is 5.84 Å². The van der Waals surface area contributed by atoms with Gasteiger partial charge in [-0.2, -0.15) is 0 Å². The largest absolute Gasteiger partial charge is 0.342 e. The predicted molar refractivity (Wildman–Crippen MR) is 106 cm³/mol. The van der Waals surface area contributed by atoms with E-state index in [0.717, 1.165) is 25.9 Å². The van der Waals surface area contributed by atoms with Gasteiger partial charge in [-0.25, -0.2) is 4.68 Å². The minimum Gasteiger partial charge on any atom is -0.342 e. The molecule has 1 amide bonds. The van der Waals surface area contributed by atoms with Crippen LogP contribution in [0.3, 0.4) is 0 Å². The van der Waals surface area contributed by atoms with Gasteiger partial charge in [0.15, 0.2) is 5.82 Å². The zero-order valence-electron chi connectivity index (χ0n) is 14.5. The lowest BCUT2D eigenvalue weighted by Gasteiger charge is -2.23. The van der Waals surface area contributed by atoms with E-state index in [2.05, 4.69) is 10.2 Å². The first-order chi connectivity index (χ1) is 12.5. The summed E-state index contributed by atoms with van der Waals surface area (Å²) in [5.74, 6) is 6.68. The first kappa shape index (κ1) is 19.3. The summed E-state index contributed by atoms with van der Waals surface area (Å²) in [7, 11) is 0. The second-order valence-corrected chi connectivity index (χ2v) is 8.45. The molecule has 0 aliphatic carbocycles. The number of thioether (sulfide) groups is 1. The van der Waals surface area contributed by atoms with Crippen LogP contribution in [-0.2, 0) is 4.79 Å². The Labute approximate surface area is 167 Å². The standard InChI is InChI=1S/C17H21Cl2N5OS/c1-11(16(25)23-8-4-2-3-5-9-23)26-17-22-21-15(24(17)20)13-10-12(18)6-7-14(13)19/h6-7,10-11H,2-5,8-9,20H2,1H3/t11-/m0/s1. The van der Waals surface area contributed by atoms with E-state index < -0.39 is 0 Å². The first-order valence-corrected chi connectivity index (χ1v) is 10.2. The molecule has 1 aromatic heterocycles. The number of nitrogens with two attached hydrogens (primary N) is 1. The van der Waals surface area contributed by atoms with Gasteiger partial charge in [0, 0.05) is 23.7 Å². The zero-order valence-corrected chi connectivity index (χ0v) is 16.8. The third-order valence-corrected chi connectivity index (χ3v) is 5.99. The van der Waals surface area contributed by atoms with E-state index in [9.17, 15) is 4.79 Å². The molecule has 26 heavy (non-hydrogen) atoms. The Morgan fingerprint density at radius 3 is 2.58 bits per heavy atom. The molecule has 2 N–H and O–H groups in total. The smallest absolute Gasteiger partial charge is 0.235 e. The molecule has 1 aliphatic rings. The number of carbonyl (C=O) groups excluding carboxylic acids is 1. The Hall–Kier alpha value is -1.44. The van der Waals surface area contributed by atoms with Gasteiger partial charge >= 0.3 is 0 Å². The lowest BCUT2D eigenvalue weighted by molar-refractivity contribution is -0.130. The summed E-state index contributed by atoms with van der Waals surface area (Å²) >= 11 is 13.6. The third kappa shape index (κ3) is 4.27. The molecule has 1 atom stereocenters. The number of nitrogens with zero attached hydrogens (tertiary/aromatic N) is 4. The molecule has 1 aromatic carbocycles. The van der Waals surface area contributed by atoms with Crippen molar-refractivity contribution in [3.8, 4) is 11.4 Å². The lowest BCUT2D eigenvalue weighted by atomic mass is 10.2. The summed E-state index contributed by atoms with van der Waals surface area (Å²) in [5, 5.41) is 9.45. The van der Waals surface area contributed by atoms with Gasteiger partial charge in [0.25, 0.3) is 0 Å². The number of likely N-dealkylation sites (tertiary alicyclic amines) is 1. The number of halogens is 2. The third-order valence-electron chi connectivity index (χ3n) is 4.38. The highest BCUT2D eigenvalue weighted by molar-refractivity contribution is 8.00. The number of carbonyl (C=O) groups is 1. The summed E-state index contributed by atoms with van der Waals surface area (Å²) in [6, 6.07) is 5.08. The molecule has 2 heterocycles. The number of aromatic nitrogens is 3. The Bertz CT molecular complexity index is 789. The van der Waals surface area contributed by atoms with Gasteiger partial charge in [0.05, 0.1) is 10.3 Å². The maximum absolute atomic E-state index is 12.7. The molecule has 6 nitrogen and oxygen atoms in total. The van der Waals surface area contributed by atoms with Crippen molar-refractivity contribution in [2.24, 2.45) is 0 Å². The maximum Gasteiger partial charge on any atom is 0.235 e. The van der Waals surface area contributed by atoms with Crippen molar-refractivity contribution in [3.63, 3.8) is 0 Å². The summed E-state index contributed by atoms with van der Waals surface area (Å²) in [6.07, 6.45) is 4.50. The molecule has 3 rings (SSSR count). The van der Waals surface area contributed by atoms with Gasteiger partial charge < -0.3 is 10.7 Å². The Morgan fingerprint density at radius 1 is 1.19 bits per heavy atom. The number of rotatable bonds is 4. The van der Waals surface area contributed by atoms with E-state index in [-0.39, 0.29) is 11.2 Å². The molecule has 0 radical (unpaired) electrons. The molecule has 0 saturated carbocycles. The van der Waals surface area contributed by atoms with Gasteiger partial charge in [-0.05, 0) is 38.0 Å². The summed E-state index contributed by atoms with van der Waals surface area (Å²) in [4.78, 5) is 14.7. The summed E-state index contributed by atoms with van der Waals surface area (Å²) < 4.78 is 1.36. The molecule has 1 aliphatic heterocycles. The van der Waals surface area contributed by atoms with Crippen molar-refractivity contribution in [3.05, 3.63) is 28.2 Å². The van der Waals surface area contributed by atoms with Crippen molar-refractivity contribution in [1.82, 2.24) is 19.8 Å². The van der Waals surface area contributed by atoms with Crippen LogP contribution in [-0.4, -0.2) is 44.0 Å². The van der Waals surface area contributed by atoms with Crippen molar-refractivity contribution in [1.29, 1.82) is 0 Å². The van der Waals surface area contributed by atoms with E-state index in [1.54, 1.807) is 18.2 Å². The number of hydrogen-bond acceptors (Lipinski definition) is 5. The fourth-order valence-electron chi connectivity index (χ4n) is 2.97. The number of hydrogen-bond donors (Lipinski definition) is 1. The van der Waals surface area contributed by atoms with Gasteiger partial charge in [-0.1, -0.05) is 47.8 Å². The topological polar surface area (TPSA) is 77.0 Å². The van der Waals surface area contributed by atoms with Crippen molar-refractivity contribution < 1.29 is 4.79 Å². The fourth-order valence-corrected chi connectivity index (χ4v) is 4.19. The van der Waals surface area contributed by atoms with Crippen LogP contribution in [0.25, 0.3) is 11.4 Å². The second-order valence-electron chi connectivity index (χ2n) is 6.30. The summed E-state index contributed by atoms with van der Waals surface area (Å²) in [6.45, 7) is 3.52. The van der Waals surface area contributed by atoms with Crippen LogP contribution in [0, 0.1) is 0 Å². The molecule has 9 heteroatoms. The molecule has 0 unspecified atom stereocenters. The average molecular weight is 414 g/mol. The molecule has 0 spiro atoms.